The van der Waals surface area contributed by atoms with Gasteiger partial charge in [-0.3, -0.25) is 4.79 Å². The maximum atomic E-state index is 13.3. The van der Waals surface area contributed by atoms with Crippen molar-refractivity contribution in [1.82, 2.24) is 0 Å². The van der Waals surface area contributed by atoms with Gasteiger partial charge in [0, 0.05) is 17.2 Å². The number of allylic oxidation sites excluding steroid dienone is 1. The van der Waals surface area contributed by atoms with Gasteiger partial charge in [0.2, 0.25) is 11.2 Å². The summed E-state index contributed by atoms with van der Waals surface area (Å²) in [4.78, 5) is 13.3. The molecule has 1 saturated carbocycles. The Kier molecular flexibility index (Phi) is 5.53. The molecule has 1 aromatic heterocycles. The number of hydrogen-bond donors (Lipinski definition) is 1. The van der Waals surface area contributed by atoms with Crippen molar-refractivity contribution in [3.05, 3.63) is 64.3 Å². The summed E-state index contributed by atoms with van der Waals surface area (Å²) in [5.41, 5.74) is 2.34. The van der Waals surface area contributed by atoms with E-state index in [9.17, 15) is 9.90 Å². The van der Waals surface area contributed by atoms with E-state index >= 15 is 0 Å². The third-order valence-electron chi connectivity index (χ3n) is 5.12. The minimum Gasteiger partial charge on any atom is -0.502 e. The van der Waals surface area contributed by atoms with Gasteiger partial charge in [-0.25, -0.2) is 0 Å². The maximum absolute atomic E-state index is 13.3. The lowest BCUT2D eigenvalue weighted by Crippen LogP contribution is -2.10. The second kappa shape index (κ2) is 8.27. The smallest absolute Gasteiger partial charge is 0.238 e. The van der Waals surface area contributed by atoms with E-state index in [0.29, 0.717) is 35.7 Å². The van der Waals surface area contributed by atoms with E-state index in [0.717, 1.165) is 30.4 Å². The Balaban J connectivity index is 2.02. The van der Waals surface area contributed by atoms with Crippen molar-refractivity contribution in [3.63, 3.8) is 0 Å². The van der Waals surface area contributed by atoms with Crippen LogP contribution < -0.4 is 14.9 Å². The lowest BCUT2D eigenvalue weighted by molar-refractivity contribution is 0.299. The van der Waals surface area contributed by atoms with Crippen LogP contribution in [0.5, 0.6) is 17.2 Å². The molecule has 156 valence electrons. The summed E-state index contributed by atoms with van der Waals surface area (Å²) in [5, 5.41) is 11.0. The molecule has 1 aliphatic rings. The van der Waals surface area contributed by atoms with Crippen LogP contribution in [0.1, 0.15) is 38.7 Å². The molecule has 1 N–H and O–H groups in total. The molecule has 0 spiro atoms. The van der Waals surface area contributed by atoms with Crippen molar-refractivity contribution in [2.75, 3.05) is 6.61 Å². The zero-order chi connectivity index (χ0) is 21.3. The first-order valence-electron chi connectivity index (χ1n) is 10.3. The largest absolute Gasteiger partial charge is 0.502 e. The molecule has 5 nitrogen and oxygen atoms in total. The first-order valence-corrected chi connectivity index (χ1v) is 10.3. The first-order chi connectivity index (χ1) is 14.5. The second-order valence-electron chi connectivity index (χ2n) is 7.74. The quantitative estimate of drug-likeness (QED) is 0.492. The number of ether oxygens (including phenoxy) is 2. The van der Waals surface area contributed by atoms with E-state index in [4.69, 9.17) is 13.9 Å². The predicted molar refractivity (Wildman–Crippen MR) is 118 cm³/mol. The van der Waals surface area contributed by atoms with Gasteiger partial charge in [0.15, 0.2) is 5.76 Å². The third-order valence-corrected chi connectivity index (χ3v) is 5.12. The van der Waals surface area contributed by atoms with Crippen molar-refractivity contribution in [2.24, 2.45) is 0 Å². The highest BCUT2D eigenvalue weighted by Gasteiger charge is 2.29. The summed E-state index contributed by atoms with van der Waals surface area (Å²) in [6, 6.07) is 10.9. The highest BCUT2D eigenvalue weighted by atomic mass is 16.5. The van der Waals surface area contributed by atoms with E-state index in [1.165, 1.54) is 0 Å². The Morgan fingerprint density at radius 2 is 1.97 bits per heavy atom. The van der Waals surface area contributed by atoms with Gasteiger partial charge in [-0.05, 0) is 39.5 Å². The Morgan fingerprint density at radius 1 is 1.23 bits per heavy atom. The first kappa shape index (κ1) is 20.1. The molecule has 3 aromatic rings. The summed E-state index contributed by atoms with van der Waals surface area (Å²) >= 11 is 0. The zero-order valence-electron chi connectivity index (χ0n) is 17.4. The molecular formula is C25H26O5. The van der Waals surface area contributed by atoms with E-state index in [-0.39, 0.29) is 17.3 Å². The van der Waals surface area contributed by atoms with Crippen molar-refractivity contribution < 1.29 is 19.0 Å². The highest BCUT2D eigenvalue weighted by Crippen LogP contribution is 2.41. The molecule has 5 heteroatoms. The number of hydrogen-bond acceptors (Lipinski definition) is 5. The average molecular weight is 406 g/mol. The van der Waals surface area contributed by atoms with E-state index in [1.807, 2.05) is 32.0 Å². The van der Waals surface area contributed by atoms with Gasteiger partial charge in [-0.2, -0.15) is 0 Å². The summed E-state index contributed by atoms with van der Waals surface area (Å²) in [7, 11) is 0. The fourth-order valence-electron chi connectivity index (χ4n) is 3.46. The zero-order valence-corrected chi connectivity index (χ0v) is 17.4. The van der Waals surface area contributed by atoms with Gasteiger partial charge in [-0.15, -0.1) is 6.58 Å². The number of aromatic hydroxyl groups is 1. The van der Waals surface area contributed by atoms with Crippen molar-refractivity contribution in [1.29, 1.82) is 0 Å². The number of fused-ring (bicyclic) bond motifs is 1. The molecule has 1 fully saturated rings. The standard InChI is InChI=1S/C25H26O5/c1-4-28-19-14-20(29-17-11-12-17)21-22(26)23(27)24(16-8-6-5-7-9-16)30-25(21)18(19)13-10-15(2)3/h5-9,14,17,27H,2,4,10-13H2,1,3H3. The molecule has 4 rings (SSSR count). The van der Waals surface area contributed by atoms with Crippen LogP contribution in [0.2, 0.25) is 0 Å². The van der Waals surface area contributed by atoms with Crippen LogP contribution in [0, 0.1) is 0 Å². The van der Waals surface area contributed by atoms with Crippen LogP contribution in [0.3, 0.4) is 0 Å². The highest BCUT2D eigenvalue weighted by molar-refractivity contribution is 5.91. The molecule has 1 aliphatic carbocycles. The number of benzene rings is 2. The van der Waals surface area contributed by atoms with Crippen LogP contribution >= 0.6 is 0 Å². The van der Waals surface area contributed by atoms with Crippen LogP contribution in [0.4, 0.5) is 0 Å². The molecule has 0 amide bonds. The van der Waals surface area contributed by atoms with Crippen LogP contribution in [0.25, 0.3) is 22.3 Å². The van der Waals surface area contributed by atoms with Gasteiger partial charge in [0.1, 0.15) is 22.5 Å². The van der Waals surface area contributed by atoms with Gasteiger partial charge < -0.3 is 19.0 Å². The van der Waals surface area contributed by atoms with Crippen molar-refractivity contribution >= 4 is 11.0 Å². The van der Waals surface area contributed by atoms with Crippen LogP contribution in [-0.4, -0.2) is 17.8 Å². The van der Waals surface area contributed by atoms with Crippen LogP contribution in [0.15, 0.2) is 57.8 Å². The van der Waals surface area contributed by atoms with Crippen molar-refractivity contribution in [2.45, 2.75) is 45.6 Å². The molecule has 0 aliphatic heterocycles. The van der Waals surface area contributed by atoms with Gasteiger partial charge in [0.25, 0.3) is 0 Å². The lowest BCUT2D eigenvalue weighted by Gasteiger charge is -2.17. The summed E-state index contributed by atoms with van der Waals surface area (Å²) in [6.07, 6.45) is 3.31. The van der Waals surface area contributed by atoms with Crippen molar-refractivity contribution in [3.8, 4) is 28.6 Å². The maximum Gasteiger partial charge on any atom is 0.238 e. The Bertz CT molecular complexity index is 1140. The molecule has 0 unspecified atom stereocenters. The van der Waals surface area contributed by atoms with Gasteiger partial charge in [0.05, 0.1) is 12.7 Å². The molecular weight excluding hydrogens is 380 g/mol. The fourth-order valence-corrected chi connectivity index (χ4v) is 3.46. The third kappa shape index (κ3) is 3.92. The predicted octanol–water partition coefficient (Wildman–Crippen LogP) is 5.61. The molecule has 2 aromatic carbocycles. The molecule has 30 heavy (non-hydrogen) atoms. The monoisotopic (exact) mass is 406 g/mol. The molecule has 0 radical (unpaired) electrons. The fraction of sp³-hybridized carbons (Fsp3) is 0.320. The summed E-state index contributed by atoms with van der Waals surface area (Å²) < 4.78 is 18.1. The number of aryl methyl sites for hydroxylation is 1. The minimum atomic E-state index is -0.495. The van der Waals surface area contributed by atoms with Gasteiger partial charge >= 0.3 is 0 Å². The normalized spacial score (nSPS) is 13.4. The molecule has 0 saturated heterocycles. The average Bonchev–Trinajstić information content (AvgIpc) is 3.54. The SMILES string of the molecule is C=C(C)CCc1c(OCC)cc(OC2CC2)c2c(=O)c(O)c(-c3ccccc3)oc12. The number of rotatable bonds is 8. The molecule has 1 heterocycles. The minimum absolute atomic E-state index is 0.0827. The van der Waals surface area contributed by atoms with E-state index in [1.54, 1.807) is 18.2 Å². The summed E-state index contributed by atoms with van der Waals surface area (Å²) in [6.45, 7) is 8.34. The second-order valence-corrected chi connectivity index (χ2v) is 7.74. The molecule has 0 atom stereocenters. The van der Waals surface area contributed by atoms with E-state index in [2.05, 4.69) is 6.58 Å². The lowest BCUT2D eigenvalue weighted by atomic mass is 10.0. The summed E-state index contributed by atoms with van der Waals surface area (Å²) in [5.74, 6) is 0.772. The Hall–Kier alpha value is -3.21. The topological polar surface area (TPSA) is 68.9 Å². The molecule has 0 bridgehead atoms. The Labute approximate surface area is 175 Å². The van der Waals surface area contributed by atoms with Gasteiger partial charge in [-0.1, -0.05) is 35.9 Å². The Morgan fingerprint density at radius 3 is 2.60 bits per heavy atom. The van der Waals surface area contributed by atoms with E-state index < -0.39 is 11.2 Å². The van der Waals surface area contributed by atoms with Crippen LogP contribution in [-0.2, 0) is 6.42 Å².